The summed E-state index contributed by atoms with van der Waals surface area (Å²) in [6.07, 6.45) is 4.18. The van der Waals surface area contributed by atoms with Crippen LogP contribution in [0.15, 0.2) is 24.4 Å². The summed E-state index contributed by atoms with van der Waals surface area (Å²) in [7, 11) is 1.61. The van der Waals surface area contributed by atoms with Crippen LogP contribution in [-0.2, 0) is 12.8 Å². The summed E-state index contributed by atoms with van der Waals surface area (Å²) in [5.74, 6) is 1.42. The minimum Gasteiger partial charge on any atom is -0.481 e. The third-order valence-electron chi connectivity index (χ3n) is 3.32. The molecule has 0 aromatic carbocycles. The summed E-state index contributed by atoms with van der Waals surface area (Å²) in [5.41, 5.74) is 9.05. The van der Waals surface area contributed by atoms with E-state index in [-0.39, 0.29) is 6.04 Å². The Morgan fingerprint density at radius 2 is 2.10 bits per heavy atom. The van der Waals surface area contributed by atoms with Gasteiger partial charge in [-0.1, -0.05) is 13.0 Å². The molecule has 2 rings (SSSR count). The smallest absolute Gasteiger partial charge is 0.212 e. The van der Waals surface area contributed by atoms with Gasteiger partial charge in [0.25, 0.3) is 0 Å². The minimum atomic E-state index is 0.148. The lowest BCUT2D eigenvalue weighted by Gasteiger charge is -2.10. The molecule has 5 heteroatoms. The van der Waals surface area contributed by atoms with Crippen molar-refractivity contribution in [1.82, 2.24) is 15.0 Å². The Hall–Kier alpha value is -2.01. The molecule has 1 unspecified atom stereocenters. The molecule has 0 radical (unpaired) electrons. The molecular weight excluding hydrogens is 264 g/mol. The highest BCUT2D eigenvalue weighted by molar-refractivity contribution is 5.22. The molecule has 0 saturated heterocycles. The van der Waals surface area contributed by atoms with Crippen LogP contribution in [0.2, 0.25) is 0 Å². The predicted octanol–water partition coefficient (Wildman–Crippen LogP) is 2.06. The van der Waals surface area contributed by atoms with Crippen molar-refractivity contribution in [3.8, 4) is 5.88 Å². The first-order valence-corrected chi connectivity index (χ1v) is 7.18. The van der Waals surface area contributed by atoms with E-state index in [1.165, 1.54) is 0 Å². The molecule has 112 valence electrons. The highest BCUT2D eigenvalue weighted by atomic mass is 16.5. The van der Waals surface area contributed by atoms with Gasteiger partial charge in [-0.2, -0.15) is 0 Å². The number of hydrogen-bond donors (Lipinski definition) is 1. The SMILES string of the molecule is CCC(N)Cc1cc(C)nc(Cc2ccc(OC)nc2)n1. The average Bonchev–Trinajstić information content (AvgIpc) is 2.47. The fourth-order valence-corrected chi connectivity index (χ4v) is 2.12. The molecule has 0 saturated carbocycles. The number of methoxy groups -OCH3 is 1. The van der Waals surface area contributed by atoms with E-state index >= 15 is 0 Å². The molecule has 2 aromatic heterocycles. The highest BCUT2D eigenvalue weighted by Gasteiger charge is 2.07. The van der Waals surface area contributed by atoms with Gasteiger partial charge in [-0.15, -0.1) is 0 Å². The zero-order valence-electron chi connectivity index (χ0n) is 12.8. The van der Waals surface area contributed by atoms with Crippen LogP contribution >= 0.6 is 0 Å². The van der Waals surface area contributed by atoms with Crippen LogP contribution in [0.5, 0.6) is 5.88 Å². The molecule has 2 heterocycles. The van der Waals surface area contributed by atoms with Gasteiger partial charge in [-0.25, -0.2) is 15.0 Å². The molecule has 0 amide bonds. The van der Waals surface area contributed by atoms with Crippen molar-refractivity contribution in [2.75, 3.05) is 7.11 Å². The topological polar surface area (TPSA) is 73.9 Å². The van der Waals surface area contributed by atoms with Crippen molar-refractivity contribution >= 4 is 0 Å². The Morgan fingerprint density at radius 1 is 1.29 bits per heavy atom. The zero-order chi connectivity index (χ0) is 15.2. The number of nitrogens with two attached hydrogens (primary N) is 1. The van der Waals surface area contributed by atoms with Crippen molar-refractivity contribution < 1.29 is 4.74 Å². The minimum absolute atomic E-state index is 0.148. The Labute approximate surface area is 125 Å². The lowest BCUT2D eigenvalue weighted by molar-refractivity contribution is 0.397. The Bertz CT molecular complexity index is 583. The Balaban J connectivity index is 2.14. The number of rotatable bonds is 6. The number of aryl methyl sites for hydroxylation is 1. The van der Waals surface area contributed by atoms with Crippen LogP contribution in [0.3, 0.4) is 0 Å². The average molecular weight is 286 g/mol. The molecule has 0 bridgehead atoms. The molecule has 0 spiro atoms. The van der Waals surface area contributed by atoms with Crippen molar-refractivity contribution in [1.29, 1.82) is 0 Å². The standard InChI is InChI=1S/C16H22N4O/c1-4-13(17)9-14-7-11(2)19-15(20-14)8-12-5-6-16(21-3)18-10-12/h5-7,10,13H,4,8-9,17H2,1-3H3. The Morgan fingerprint density at radius 3 is 2.71 bits per heavy atom. The van der Waals surface area contributed by atoms with Gasteiger partial charge in [-0.05, 0) is 25.0 Å². The maximum absolute atomic E-state index is 6.01. The first-order chi connectivity index (χ1) is 10.1. The summed E-state index contributed by atoms with van der Waals surface area (Å²) >= 11 is 0. The maximum atomic E-state index is 6.01. The van der Waals surface area contributed by atoms with E-state index in [9.17, 15) is 0 Å². The van der Waals surface area contributed by atoms with Gasteiger partial charge in [0.1, 0.15) is 5.82 Å². The number of hydrogen-bond acceptors (Lipinski definition) is 5. The number of aromatic nitrogens is 3. The maximum Gasteiger partial charge on any atom is 0.212 e. The normalized spacial score (nSPS) is 12.2. The molecule has 0 fully saturated rings. The van der Waals surface area contributed by atoms with Crippen LogP contribution in [0.4, 0.5) is 0 Å². The second kappa shape index (κ2) is 7.13. The fraction of sp³-hybridized carbons (Fsp3) is 0.438. The molecule has 0 aliphatic rings. The van der Waals surface area contributed by atoms with Crippen molar-refractivity contribution in [3.05, 3.63) is 47.2 Å². The Kier molecular flexibility index (Phi) is 5.22. The molecule has 1 atom stereocenters. The first kappa shape index (κ1) is 15.4. The van der Waals surface area contributed by atoms with Gasteiger partial charge in [0.15, 0.2) is 0 Å². The number of ether oxygens (including phenoxy) is 1. The van der Waals surface area contributed by atoms with Crippen molar-refractivity contribution in [3.63, 3.8) is 0 Å². The molecule has 21 heavy (non-hydrogen) atoms. The highest BCUT2D eigenvalue weighted by Crippen LogP contribution is 2.11. The fourth-order valence-electron chi connectivity index (χ4n) is 2.12. The van der Waals surface area contributed by atoms with Gasteiger partial charge in [0.2, 0.25) is 5.88 Å². The third-order valence-corrected chi connectivity index (χ3v) is 3.32. The molecule has 2 aromatic rings. The van der Waals surface area contributed by atoms with E-state index in [4.69, 9.17) is 10.5 Å². The number of pyridine rings is 1. The summed E-state index contributed by atoms with van der Waals surface area (Å²) in [4.78, 5) is 13.3. The van der Waals surface area contributed by atoms with E-state index < -0.39 is 0 Å². The van der Waals surface area contributed by atoms with Crippen LogP contribution in [0, 0.1) is 6.92 Å². The van der Waals surface area contributed by atoms with Crippen LogP contribution in [0.25, 0.3) is 0 Å². The zero-order valence-corrected chi connectivity index (χ0v) is 12.8. The van der Waals surface area contributed by atoms with Gasteiger partial charge in [0.05, 0.1) is 7.11 Å². The second-order valence-corrected chi connectivity index (χ2v) is 5.17. The molecular formula is C16H22N4O. The summed E-state index contributed by atoms with van der Waals surface area (Å²) in [6.45, 7) is 4.07. The predicted molar refractivity (Wildman–Crippen MR) is 82.3 cm³/mol. The summed E-state index contributed by atoms with van der Waals surface area (Å²) in [5, 5.41) is 0. The van der Waals surface area contributed by atoms with Gasteiger partial charge in [-0.3, -0.25) is 0 Å². The van der Waals surface area contributed by atoms with Crippen LogP contribution in [0.1, 0.15) is 36.1 Å². The van der Waals surface area contributed by atoms with E-state index in [0.29, 0.717) is 12.3 Å². The van der Waals surface area contributed by atoms with E-state index in [1.54, 1.807) is 13.3 Å². The molecule has 0 aliphatic heterocycles. The van der Waals surface area contributed by atoms with Gasteiger partial charge < -0.3 is 10.5 Å². The van der Waals surface area contributed by atoms with Gasteiger partial charge >= 0.3 is 0 Å². The largest absolute Gasteiger partial charge is 0.481 e. The lowest BCUT2D eigenvalue weighted by Crippen LogP contribution is -2.22. The quantitative estimate of drug-likeness (QED) is 0.880. The molecule has 5 nitrogen and oxygen atoms in total. The van der Waals surface area contributed by atoms with Crippen molar-refractivity contribution in [2.24, 2.45) is 5.73 Å². The van der Waals surface area contributed by atoms with E-state index in [0.717, 1.165) is 35.6 Å². The van der Waals surface area contributed by atoms with E-state index in [1.807, 2.05) is 25.1 Å². The van der Waals surface area contributed by atoms with Crippen molar-refractivity contribution in [2.45, 2.75) is 39.2 Å². The molecule has 2 N–H and O–H groups in total. The van der Waals surface area contributed by atoms with Gasteiger partial charge in [0, 0.05) is 42.5 Å². The monoisotopic (exact) mass is 286 g/mol. The first-order valence-electron chi connectivity index (χ1n) is 7.18. The van der Waals surface area contributed by atoms with Crippen LogP contribution in [-0.4, -0.2) is 28.1 Å². The third kappa shape index (κ3) is 4.49. The lowest BCUT2D eigenvalue weighted by atomic mass is 10.1. The van der Waals surface area contributed by atoms with E-state index in [2.05, 4.69) is 21.9 Å². The molecule has 0 aliphatic carbocycles. The second-order valence-electron chi connectivity index (χ2n) is 5.17. The summed E-state index contributed by atoms with van der Waals surface area (Å²) < 4.78 is 5.06. The van der Waals surface area contributed by atoms with Crippen LogP contribution < -0.4 is 10.5 Å². The summed E-state index contributed by atoms with van der Waals surface area (Å²) in [6, 6.07) is 5.98. The number of nitrogens with zero attached hydrogens (tertiary/aromatic N) is 3.